The molecule has 4 nitrogen and oxygen atoms in total. The predicted octanol–water partition coefficient (Wildman–Crippen LogP) is 2.44. The van der Waals surface area contributed by atoms with Gasteiger partial charge in [0.1, 0.15) is 0 Å². The minimum Gasteiger partial charge on any atom is -0.385 e. The van der Waals surface area contributed by atoms with Gasteiger partial charge in [-0.1, -0.05) is 23.4 Å². The van der Waals surface area contributed by atoms with Crippen molar-refractivity contribution in [3.05, 3.63) is 41.7 Å². The molecule has 0 fully saturated rings. The largest absolute Gasteiger partial charge is 0.385 e. The van der Waals surface area contributed by atoms with Gasteiger partial charge in [-0.05, 0) is 37.3 Å². The van der Waals surface area contributed by atoms with Gasteiger partial charge in [-0.2, -0.15) is 0 Å². The van der Waals surface area contributed by atoms with Crippen LogP contribution in [0.4, 0.5) is 5.69 Å². The van der Waals surface area contributed by atoms with E-state index in [2.05, 4.69) is 46.8 Å². The highest BCUT2D eigenvalue weighted by molar-refractivity contribution is 5.54. The van der Waals surface area contributed by atoms with Crippen LogP contribution >= 0.6 is 0 Å². The van der Waals surface area contributed by atoms with Gasteiger partial charge in [-0.25, -0.2) is 4.68 Å². The number of hydrogen-bond donors (Lipinski definition) is 1. The first-order valence-electron chi connectivity index (χ1n) is 6.58. The lowest BCUT2D eigenvalue weighted by Gasteiger charge is -2.26. The van der Waals surface area contributed by atoms with Crippen molar-refractivity contribution in [2.24, 2.45) is 0 Å². The number of para-hydroxylation sites is 1. The molecule has 2 aromatic rings. The minimum atomic E-state index is 0.575. The van der Waals surface area contributed by atoms with Gasteiger partial charge in [0, 0.05) is 18.8 Å². The fraction of sp³-hybridized carbons (Fsp3) is 0.429. The summed E-state index contributed by atoms with van der Waals surface area (Å²) < 4.78 is 1.99. The highest BCUT2D eigenvalue weighted by Gasteiger charge is 2.21. The Labute approximate surface area is 107 Å². The van der Waals surface area contributed by atoms with Gasteiger partial charge in [0.15, 0.2) is 0 Å². The molecule has 4 heteroatoms. The Morgan fingerprint density at radius 2 is 2.28 bits per heavy atom. The number of aromatic nitrogens is 3. The third-order valence-electron chi connectivity index (χ3n) is 3.66. The van der Waals surface area contributed by atoms with Gasteiger partial charge in [0.25, 0.3) is 0 Å². The van der Waals surface area contributed by atoms with E-state index in [1.54, 1.807) is 0 Å². The van der Waals surface area contributed by atoms with Crippen LogP contribution in [0.3, 0.4) is 0 Å². The summed E-state index contributed by atoms with van der Waals surface area (Å²) in [6.07, 6.45) is 4.10. The summed E-state index contributed by atoms with van der Waals surface area (Å²) in [5.41, 5.74) is 3.94. The van der Waals surface area contributed by atoms with Crippen molar-refractivity contribution >= 4 is 5.69 Å². The van der Waals surface area contributed by atoms with Crippen molar-refractivity contribution in [1.82, 2.24) is 15.0 Å². The van der Waals surface area contributed by atoms with Crippen LogP contribution in [0.2, 0.25) is 0 Å². The van der Waals surface area contributed by atoms with E-state index in [-0.39, 0.29) is 0 Å². The van der Waals surface area contributed by atoms with E-state index in [4.69, 9.17) is 0 Å². The molecule has 0 bridgehead atoms. The molecule has 0 aliphatic carbocycles. The zero-order chi connectivity index (χ0) is 12.4. The van der Waals surface area contributed by atoms with Gasteiger partial charge in [-0.3, -0.25) is 0 Å². The first-order chi connectivity index (χ1) is 8.88. The second-order valence-corrected chi connectivity index (χ2v) is 4.74. The maximum atomic E-state index is 4.11. The number of nitrogens with zero attached hydrogens (tertiary/aromatic N) is 3. The monoisotopic (exact) mass is 242 g/mol. The number of anilines is 1. The molecule has 1 aromatic carbocycles. The Bertz CT molecular complexity index is 532. The number of rotatable bonds is 3. The van der Waals surface area contributed by atoms with Crippen LogP contribution < -0.4 is 5.32 Å². The fourth-order valence-corrected chi connectivity index (χ4v) is 2.72. The summed E-state index contributed by atoms with van der Waals surface area (Å²) in [5.74, 6) is 0.575. The quantitative estimate of drug-likeness (QED) is 0.899. The van der Waals surface area contributed by atoms with E-state index in [0.29, 0.717) is 5.92 Å². The van der Waals surface area contributed by atoms with Gasteiger partial charge >= 0.3 is 0 Å². The maximum Gasteiger partial charge on any atom is 0.0725 e. The maximum absolute atomic E-state index is 4.11. The van der Waals surface area contributed by atoms with E-state index in [1.807, 2.05) is 10.9 Å². The minimum absolute atomic E-state index is 0.575. The second kappa shape index (κ2) is 4.80. The van der Waals surface area contributed by atoms with E-state index >= 15 is 0 Å². The fourth-order valence-electron chi connectivity index (χ4n) is 2.72. The molecule has 1 unspecified atom stereocenters. The Kier molecular flexibility index (Phi) is 3.00. The smallest absolute Gasteiger partial charge is 0.0725 e. The van der Waals surface area contributed by atoms with E-state index < -0.39 is 0 Å². The van der Waals surface area contributed by atoms with Gasteiger partial charge < -0.3 is 5.32 Å². The average molecular weight is 242 g/mol. The van der Waals surface area contributed by atoms with E-state index in [0.717, 1.165) is 19.5 Å². The molecule has 0 saturated heterocycles. The normalized spacial score (nSPS) is 18.2. The molecule has 1 aromatic heterocycles. The number of hydrogen-bond acceptors (Lipinski definition) is 3. The molecular formula is C14H18N4. The molecule has 3 rings (SSSR count). The second-order valence-electron chi connectivity index (χ2n) is 4.74. The predicted molar refractivity (Wildman–Crippen MR) is 71.7 cm³/mol. The number of fused-ring (bicyclic) bond motifs is 1. The van der Waals surface area contributed by atoms with Gasteiger partial charge in [0.05, 0.1) is 11.9 Å². The van der Waals surface area contributed by atoms with Crippen LogP contribution in [0, 0.1) is 0 Å². The van der Waals surface area contributed by atoms with Crippen molar-refractivity contribution in [2.45, 2.75) is 32.2 Å². The molecule has 94 valence electrons. The Morgan fingerprint density at radius 1 is 1.39 bits per heavy atom. The molecule has 2 heterocycles. The van der Waals surface area contributed by atoms with Crippen LogP contribution in [0.15, 0.2) is 30.5 Å². The molecule has 0 saturated carbocycles. The van der Waals surface area contributed by atoms with Crippen molar-refractivity contribution in [3.63, 3.8) is 0 Å². The molecule has 1 aliphatic heterocycles. The first-order valence-corrected chi connectivity index (χ1v) is 6.58. The molecule has 1 aliphatic rings. The van der Waals surface area contributed by atoms with Crippen molar-refractivity contribution in [1.29, 1.82) is 0 Å². The zero-order valence-corrected chi connectivity index (χ0v) is 10.6. The van der Waals surface area contributed by atoms with Crippen LogP contribution in [0.25, 0.3) is 0 Å². The summed E-state index contributed by atoms with van der Waals surface area (Å²) in [6, 6.07) is 8.60. The van der Waals surface area contributed by atoms with Crippen molar-refractivity contribution in [2.75, 3.05) is 11.9 Å². The van der Waals surface area contributed by atoms with Gasteiger partial charge in [0.2, 0.25) is 0 Å². The Hall–Kier alpha value is -1.84. The lowest BCUT2D eigenvalue weighted by atomic mass is 9.87. The van der Waals surface area contributed by atoms with Crippen molar-refractivity contribution < 1.29 is 0 Å². The molecule has 0 amide bonds. The van der Waals surface area contributed by atoms with Gasteiger partial charge in [-0.15, -0.1) is 5.10 Å². The summed E-state index contributed by atoms with van der Waals surface area (Å²) >= 11 is 0. The lowest BCUT2D eigenvalue weighted by molar-refractivity contribution is 0.552. The summed E-state index contributed by atoms with van der Waals surface area (Å²) in [6.45, 7) is 4.05. The standard InChI is InChI=1S/C14H18N4/c1-2-18-12(10-16-17-18)9-11-7-8-15-14-6-4-3-5-13(11)14/h3-6,10-11,15H,2,7-9H2,1H3. The van der Waals surface area contributed by atoms with Crippen LogP contribution in [-0.4, -0.2) is 21.5 Å². The highest BCUT2D eigenvalue weighted by atomic mass is 15.4. The molecule has 1 N–H and O–H groups in total. The van der Waals surface area contributed by atoms with Crippen molar-refractivity contribution in [3.8, 4) is 0 Å². The van der Waals surface area contributed by atoms with Crippen LogP contribution in [-0.2, 0) is 13.0 Å². The summed E-state index contributed by atoms with van der Waals surface area (Å²) in [7, 11) is 0. The topological polar surface area (TPSA) is 42.7 Å². The summed E-state index contributed by atoms with van der Waals surface area (Å²) in [5, 5.41) is 11.6. The molecule has 0 radical (unpaired) electrons. The Balaban J connectivity index is 1.86. The molecule has 1 atom stereocenters. The number of benzene rings is 1. The Morgan fingerprint density at radius 3 is 3.17 bits per heavy atom. The average Bonchev–Trinajstić information content (AvgIpc) is 2.86. The van der Waals surface area contributed by atoms with Crippen LogP contribution in [0.5, 0.6) is 0 Å². The molecule has 0 spiro atoms. The lowest BCUT2D eigenvalue weighted by Crippen LogP contribution is -2.19. The van der Waals surface area contributed by atoms with Crippen LogP contribution in [0.1, 0.15) is 30.5 Å². The SMILES string of the molecule is CCn1nncc1CC1CCNc2ccccc21. The molecule has 18 heavy (non-hydrogen) atoms. The number of nitrogens with one attached hydrogen (secondary N) is 1. The number of aryl methyl sites for hydroxylation is 1. The zero-order valence-electron chi connectivity index (χ0n) is 10.6. The molecular weight excluding hydrogens is 224 g/mol. The highest BCUT2D eigenvalue weighted by Crippen LogP contribution is 2.33. The third kappa shape index (κ3) is 1.98. The third-order valence-corrected chi connectivity index (χ3v) is 3.66. The van der Waals surface area contributed by atoms with E-state index in [9.17, 15) is 0 Å². The van der Waals surface area contributed by atoms with E-state index in [1.165, 1.54) is 23.4 Å². The summed E-state index contributed by atoms with van der Waals surface area (Å²) in [4.78, 5) is 0. The first kappa shape index (κ1) is 11.3.